The van der Waals surface area contributed by atoms with Gasteiger partial charge >= 0.3 is 0 Å². The topological polar surface area (TPSA) is 40.5 Å². The van der Waals surface area contributed by atoms with Gasteiger partial charge in [0.15, 0.2) is 0 Å². The molecule has 196 valence electrons. The minimum absolute atomic E-state index is 0.172. The highest BCUT2D eigenvalue weighted by Crippen LogP contribution is 2.67. The summed E-state index contributed by atoms with van der Waals surface area (Å²) in [7, 11) is 0. The molecule has 0 heterocycles. The lowest BCUT2D eigenvalue weighted by atomic mass is 9.41. The van der Waals surface area contributed by atoms with Gasteiger partial charge in [0.2, 0.25) is 0 Å². The Morgan fingerprint density at radius 2 is 0.950 bits per heavy atom. The molecule has 2 N–H and O–H groups in total. The smallest absolute Gasteiger partial charge is 0.116 e. The lowest BCUT2D eigenvalue weighted by molar-refractivity contribution is -0.0268. The van der Waals surface area contributed by atoms with Crippen molar-refractivity contribution in [3.63, 3.8) is 0 Å². The molecule has 4 saturated carbocycles. The molecule has 0 atom stereocenters. The Morgan fingerprint density at radius 3 is 1.43 bits per heavy atom. The van der Waals surface area contributed by atoms with Crippen LogP contribution in [0.15, 0.2) is 97.1 Å². The largest absolute Gasteiger partial charge is 0.508 e. The van der Waals surface area contributed by atoms with Crippen LogP contribution < -0.4 is 0 Å². The van der Waals surface area contributed by atoms with E-state index in [9.17, 15) is 10.2 Å². The molecule has 0 amide bonds. The predicted octanol–water partition coefficient (Wildman–Crippen LogP) is 9.50. The van der Waals surface area contributed by atoms with Crippen molar-refractivity contribution in [2.45, 2.75) is 49.4 Å². The van der Waals surface area contributed by atoms with E-state index in [2.05, 4.69) is 60.7 Å². The summed E-state index contributed by atoms with van der Waals surface area (Å²) in [5.74, 6) is 2.16. The minimum Gasteiger partial charge on any atom is -0.508 e. The fourth-order valence-corrected chi connectivity index (χ4v) is 9.84. The maximum Gasteiger partial charge on any atom is 0.116 e. The first-order chi connectivity index (χ1) is 19.5. The van der Waals surface area contributed by atoms with Gasteiger partial charge in [0.05, 0.1) is 0 Å². The van der Waals surface area contributed by atoms with Gasteiger partial charge in [-0.3, -0.25) is 0 Å². The van der Waals surface area contributed by atoms with Crippen molar-refractivity contribution >= 4 is 43.1 Å². The Hall–Kier alpha value is -4.04. The third-order valence-corrected chi connectivity index (χ3v) is 10.8. The van der Waals surface area contributed by atoms with Crippen LogP contribution in [0.25, 0.3) is 43.1 Å². The zero-order valence-electron chi connectivity index (χ0n) is 22.5. The van der Waals surface area contributed by atoms with Crippen molar-refractivity contribution in [1.82, 2.24) is 0 Å². The van der Waals surface area contributed by atoms with Crippen molar-refractivity contribution < 1.29 is 10.2 Å². The van der Waals surface area contributed by atoms with E-state index in [1.54, 1.807) is 12.1 Å². The third kappa shape index (κ3) is 3.17. The molecule has 6 aromatic carbocycles. The highest BCUT2D eigenvalue weighted by Gasteiger charge is 2.59. The molecule has 4 bridgehead atoms. The lowest BCUT2D eigenvalue weighted by Gasteiger charge is -2.63. The number of benzene rings is 6. The summed E-state index contributed by atoms with van der Waals surface area (Å²) in [6, 6.07) is 34.6. The van der Waals surface area contributed by atoms with Gasteiger partial charge in [0, 0.05) is 0 Å². The molecule has 0 saturated heterocycles. The van der Waals surface area contributed by atoms with Gasteiger partial charge < -0.3 is 10.2 Å². The van der Waals surface area contributed by atoms with Crippen molar-refractivity contribution in [2.75, 3.05) is 0 Å². The Morgan fingerprint density at radius 1 is 0.475 bits per heavy atom. The maximum atomic E-state index is 10.2. The quantitative estimate of drug-likeness (QED) is 0.223. The van der Waals surface area contributed by atoms with E-state index >= 15 is 0 Å². The van der Waals surface area contributed by atoms with Crippen molar-refractivity contribution in [2.24, 2.45) is 11.8 Å². The van der Waals surface area contributed by atoms with Crippen LogP contribution in [0.3, 0.4) is 0 Å². The first-order valence-electron chi connectivity index (χ1n) is 14.8. The average molecular weight is 521 g/mol. The van der Waals surface area contributed by atoms with Crippen LogP contribution in [0.1, 0.15) is 49.7 Å². The summed E-state index contributed by atoms with van der Waals surface area (Å²) in [6.45, 7) is 0. The second kappa shape index (κ2) is 7.79. The van der Waals surface area contributed by atoms with Gasteiger partial charge in [-0.1, -0.05) is 48.5 Å². The van der Waals surface area contributed by atoms with Crippen LogP contribution in [0.5, 0.6) is 11.5 Å². The fraction of sp³-hybridized carbons (Fsp3) is 0.263. The first kappa shape index (κ1) is 22.7. The fourth-order valence-electron chi connectivity index (χ4n) is 9.84. The van der Waals surface area contributed by atoms with E-state index in [1.165, 1.54) is 82.0 Å². The molecule has 10 rings (SSSR count). The highest BCUT2D eigenvalue weighted by molar-refractivity contribution is 6.02. The minimum atomic E-state index is 0.172. The van der Waals surface area contributed by atoms with E-state index in [0.717, 1.165) is 22.6 Å². The van der Waals surface area contributed by atoms with E-state index in [1.807, 2.05) is 24.3 Å². The molecular formula is C38H32O2. The molecule has 6 aromatic rings. The zero-order chi connectivity index (χ0) is 26.6. The van der Waals surface area contributed by atoms with Crippen molar-refractivity contribution in [3.05, 3.63) is 108 Å². The van der Waals surface area contributed by atoms with Gasteiger partial charge in [0.1, 0.15) is 11.5 Å². The van der Waals surface area contributed by atoms with Gasteiger partial charge in [0.25, 0.3) is 0 Å². The van der Waals surface area contributed by atoms with Crippen LogP contribution in [0.2, 0.25) is 0 Å². The van der Waals surface area contributed by atoms with Crippen molar-refractivity contribution in [3.8, 4) is 11.5 Å². The van der Waals surface area contributed by atoms with E-state index < -0.39 is 0 Å². The molecule has 0 aromatic heterocycles. The normalized spacial score (nSPS) is 27.3. The first-order valence-corrected chi connectivity index (χ1v) is 14.8. The number of hydrogen-bond donors (Lipinski definition) is 2. The summed E-state index contributed by atoms with van der Waals surface area (Å²) in [5, 5.41) is 30.3. The number of rotatable bonds is 2. The van der Waals surface area contributed by atoms with E-state index in [0.29, 0.717) is 11.5 Å². The monoisotopic (exact) mass is 520 g/mol. The Balaban J connectivity index is 1.25. The van der Waals surface area contributed by atoms with Gasteiger partial charge in [-0.25, -0.2) is 0 Å². The summed E-state index contributed by atoms with van der Waals surface area (Å²) in [6.07, 6.45) is 7.69. The van der Waals surface area contributed by atoms with E-state index in [4.69, 9.17) is 0 Å². The molecule has 2 nitrogen and oxygen atoms in total. The number of fused-ring (bicyclic) bond motifs is 4. The zero-order valence-corrected chi connectivity index (χ0v) is 22.5. The molecule has 4 aliphatic rings. The molecule has 0 aliphatic heterocycles. The number of phenolic OH excluding ortho intramolecular Hbond substituents is 2. The SMILES string of the molecule is Oc1ccc2cc3cccc(C45CC6CC(C4)CC(c4cccc7cc8ccc(O)cc8cc47)(C6)C5)c3cc2c1. The van der Waals surface area contributed by atoms with Crippen molar-refractivity contribution in [1.29, 1.82) is 0 Å². The Kier molecular flexibility index (Phi) is 4.43. The highest BCUT2D eigenvalue weighted by atomic mass is 16.3. The molecule has 4 fully saturated rings. The van der Waals surface area contributed by atoms with Crippen LogP contribution >= 0.6 is 0 Å². The van der Waals surface area contributed by atoms with Gasteiger partial charge in [-0.2, -0.15) is 0 Å². The summed E-state index contributed by atoms with van der Waals surface area (Å²) in [4.78, 5) is 0. The second-order valence-corrected chi connectivity index (χ2v) is 13.3. The summed E-state index contributed by atoms with van der Waals surface area (Å²) in [5.41, 5.74) is 3.38. The maximum absolute atomic E-state index is 10.2. The molecule has 40 heavy (non-hydrogen) atoms. The number of aromatic hydroxyl groups is 2. The number of hydrogen-bond acceptors (Lipinski definition) is 2. The summed E-state index contributed by atoms with van der Waals surface area (Å²) >= 11 is 0. The Bertz CT molecular complexity index is 1860. The van der Waals surface area contributed by atoms with Crippen LogP contribution in [0, 0.1) is 11.8 Å². The Labute approximate surface area is 233 Å². The number of phenols is 2. The molecule has 4 aliphatic carbocycles. The molecule has 0 unspecified atom stereocenters. The standard InChI is InChI=1S/C38H32O2/c39-31-9-7-25-12-27-3-1-5-35(33(27)16-29(25)14-31)37-18-23-11-24(19-37)21-38(20-23,22-37)36-6-2-4-28-13-26-8-10-32(40)15-30(26)17-34(28)36/h1-10,12-17,23-24,39-40H,11,18-22H2. The predicted molar refractivity (Wildman–Crippen MR) is 164 cm³/mol. The van der Waals surface area contributed by atoms with E-state index in [-0.39, 0.29) is 10.8 Å². The molecular weight excluding hydrogens is 488 g/mol. The lowest BCUT2D eigenvalue weighted by Crippen LogP contribution is -2.56. The molecule has 0 radical (unpaired) electrons. The second-order valence-electron chi connectivity index (χ2n) is 13.3. The summed E-state index contributed by atoms with van der Waals surface area (Å²) < 4.78 is 0. The molecule has 0 spiro atoms. The van der Waals surface area contributed by atoms with Crippen LogP contribution in [-0.4, -0.2) is 10.2 Å². The third-order valence-electron chi connectivity index (χ3n) is 10.8. The average Bonchev–Trinajstić information content (AvgIpc) is 2.93. The van der Waals surface area contributed by atoms with Crippen LogP contribution in [-0.2, 0) is 10.8 Å². The van der Waals surface area contributed by atoms with Gasteiger partial charge in [-0.15, -0.1) is 0 Å². The van der Waals surface area contributed by atoms with Crippen LogP contribution in [0.4, 0.5) is 0 Å². The molecule has 2 heteroatoms. The van der Waals surface area contributed by atoms with Gasteiger partial charge in [-0.05, 0) is 164 Å².